The molecule has 0 atom stereocenters. The zero-order valence-corrected chi connectivity index (χ0v) is 11.4. The van der Waals surface area contributed by atoms with E-state index in [0.29, 0.717) is 0 Å². The quantitative estimate of drug-likeness (QED) is 0.374. The minimum atomic E-state index is -0.361. The third-order valence-corrected chi connectivity index (χ3v) is 3.38. The van der Waals surface area contributed by atoms with Gasteiger partial charge in [-0.1, -0.05) is 0 Å². The molecule has 0 N–H and O–H groups in total. The number of hydrogen-bond acceptors (Lipinski definition) is 3. The summed E-state index contributed by atoms with van der Waals surface area (Å²) in [6.45, 7) is 4.23. The average molecular weight is 272 g/mol. The van der Waals surface area contributed by atoms with Gasteiger partial charge in [0, 0.05) is 17.8 Å². The Balaban J connectivity index is 0.00000162. The van der Waals surface area contributed by atoms with Crippen molar-refractivity contribution >= 4 is 11.4 Å². The molecule has 1 aromatic carbocycles. The summed E-state index contributed by atoms with van der Waals surface area (Å²) >= 11 is 0. The van der Waals surface area contributed by atoms with Crippen molar-refractivity contribution in [2.75, 3.05) is 45.2 Å². The first kappa shape index (κ1) is 14.7. The van der Waals surface area contributed by atoms with Crippen LogP contribution in [0, 0.1) is 10.1 Å². The molecule has 5 nitrogen and oxygen atoms in total. The van der Waals surface area contributed by atoms with Gasteiger partial charge in [-0.15, -0.1) is 0 Å². The molecule has 0 aromatic heterocycles. The molecule has 0 amide bonds. The smallest absolute Gasteiger partial charge is 0.269 e. The molecule has 1 fully saturated rings. The lowest BCUT2D eigenvalue weighted by molar-refractivity contribution is -0.890. The summed E-state index contributed by atoms with van der Waals surface area (Å²) in [5, 5.41) is 10.6. The van der Waals surface area contributed by atoms with Crippen LogP contribution in [0.1, 0.15) is 0 Å². The number of hydrogen-bond donors (Lipinski definition) is 0. The standard InChI is InChI=1S/C12H18N3O2.ClH/c1-15(2)9-7-13(8-10-15)11-3-5-12(6-4-11)14(16)17;/h3-6H,7-10H2,1-2H3;1H/q+1;/p-1. The molecule has 0 spiro atoms. The number of anilines is 1. The third kappa shape index (κ3) is 3.34. The maximum Gasteiger partial charge on any atom is 0.269 e. The zero-order chi connectivity index (χ0) is 12.5. The molecule has 18 heavy (non-hydrogen) atoms. The zero-order valence-electron chi connectivity index (χ0n) is 10.7. The molecule has 0 saturated carbocycles. The van der Waals surface area contributed by atoms with Crippen molar-refractivity contribution in [2.45, 2.75) is 0 Å². The topological polar surface area (TPSA) is 46.4 Å². The Kier molecular flexibility index (Phi) is 4.53. The summed E-state index contributed by atoms with van der Waals surface area (Å²) in [5.74, 6) is 0. The van der Waals surface area contributed by atoms with Gasteiger partial charge in [0.25, 0.3) is 5.69 Å². The largest absolute Gasteiger partial charge is 1.00 e. The van der Waals surface area contributed by atoms with Gasteiger partial charge in [-0.3, -0.25) is 10.1 Å². The second-order valence-corrected chi connectivity index (χ2v) is 5.14. The molecule has 2 rings (SSSR count). The van der Waals surface area contributed by atoms with Crippen molar-refractivity contribution in [3.05, 3.63) is 34.4 Å². The predicted octanol–water partition coefficient (Wildman–Crippen LogP) is -1.50. The molecular formula is C12H18ClN3O2. The Hall–Kier alpha value is -1.33. The van der Waals surface area contributed by atoms with Crippen molar-refractivity contribution in [2.24, 2.45) is 0 Å². The molecule has 1 aliphatic rings. The molecule has 1 aromatic rings. The molecule has 1 aliphatic heterocycles. The number of halogens is 1. The fourth-order valence-corrected chi connectivity index (χ4v) is 2.05. The molecule has 1 saturated heterocycles. The highest BCUT2D eigenvalue weighted by molar-refractivity contribution is 5.51. The number of nitro benzene ring substituents is 1. The normalized spacial score (nSPS) is 18.0. The lowest BCUT2D eigenvalue weighted by Gasteiger charge is -2.40. The van der Waals surface area contributed by atoms with Crippen LogP contribution in [0.5, 0.6) is 0 Å². The van der Waals surface area contributed by atoms with Gasteiger partial charge in [0.2, 0.25) is 0 Å². The van der Waals surface area contributed by atoms with E-state index in [1.807, 2.05) is 12.1 Å². The molecule has 1 heterocycles. The van der Waals surface area contributed by atoms with Crippen LogP contribution in [0.25, 0.3) is 0 Å². The average Bonchev–Trinajstić information content (AvgIpc) is 2.29. The molecule has 0 bridgehead atoms. The monoisotopic (exact) mass is 271 g/mol. The maximum atomic E-state index is 10.6. The number of nitro groups is 1. The van der Waals surface area contributed by atoms with Crippen LogP contribution in [0.15, 0.2) is 24.3 Å². The molecule has 6 heteroatoms. The Morgan fingerprint density at radius 3 is 2.11 bits per heavy atom. The van der Waals surface area contributed by atoms with E-state index in [9.17, 15) is 10.1 Å². The van der Waals surface area contributed by atoms with Gasteiger partial charge in [0.1, 0.15) is 0 Å². The Labute approximate surface area is 113 Å². The Morgan fingerprint density at radius 2 is 1.67 bits per heavy atom. The first-order valence-corrected chi connectivity index (χ1v) is 5.79. The van der Waals surface area contributed by atoms with E-state index in [1.165, 1.54) is 0 Å². The highest BCUT2D eigenvalue weighted by atomic mass is 35.5. The SMILES string of the molecule is C[N+]1(C)CCN(c2ccc([N+](=O)[O-])cc2)CC1.[Cl-]. The van der Waals surface area contributed by atoms with Crippen molar-refractivity contribution in [1.29, 1.82) is 0 Å². The summed E-state index contributed by atoms with van der Waals surface area (Å²) in [4.78, 5) is 12.5. The van der Waals surface area contributed by atoms with Crippen molar-refractivity contribution in [3.63, 3.8) is 0 Å². The van der Waals surface area contributed by atoms with Crippen LogP contribution >= 0.6 is 0 Å². The van der Waals surface area contributed by atoms with Gasteiger partial charge < -0.3 is 21.8 Å². The van der Waals surface area contributed by atoms with Crippen LogP contribution in [-0.4, -0.2) is 49.7 Å². The summed E-state index contributed by atoms with van der Waals surface area (Å²) in [6.07, 6.45) is 0. The Bertz CT molecular complexity index is 410. The van der Waals surface area contributed by atoms with Crippen molar-refractivity contribution in [1.82, 2.24) is 0 Å². The van der Waals surface area contributed by atoms with E-state index in [-0.39, 0.29) is 23.0 Å². The van der Waals surface area contributed by atoms with Crippen LogP contribution in [0.4, 0.5) is 11.4 Å². The second-order valence-electron chi connectivity index (χ2n) is 5.14. The van der Waals surface area contributed by atoms with Crippen LogP contribution < -0.4 is 17.3 Å². The maximum absolute atomic E-state index is 10.6. The van der Waals surface area contributed by atoms with Gasteiger partial charge in [0.05, 0.1) is 45.2 Å². The first-order valence-electron chi connectivity index (χ1n) is 5.79. The highest BCUT2D eigenvalue weighted by Gasteiger charge is 2.24. The molecule has 100 valence electrons. The second kappa shape index (κ2) is 5.54. The number of rotatable bonds is 2. The van der Waals surface area contributed by atoms with E-state index in [1.54, 1.807) is 12.1 Å². The lowest BCUT2D eigenvalue weighted by Crippen LogP contribution is -3.00. The van der Waals surface area contributed by atoms with Crippen molar-refractivity contribution < 1.29 is 21.8 Å². The first-order chi connectivity index (χ1) is 7.98. The van der Waals surface area contributed by atoms with Gasteiger partial charge in [-0.2, -0.15) is 0 Å². The van der Waals surface area contributed by atoms with Gasteiger partial charge in [0.15, 0.2) is 0 Å². The number of benzene rings is 1. The number of likely N-dealkylation sites (N-methyl/N-ethyl adjacent to an activating group) is 1. The number of non-ortho nitro benzene ring substituents is 1. The minimum absolute atomic E-state index is 0. The van der Waals surface area contributed by atoms with Crippen LogP contribution in [-0.2, 0) is 0 Å². The number of quaternary nitrogens is 1. The van der Waals surface area contributed by atoms with Crippen LogP contribution in [0.2, 0.25) is 0 Å². The van der Waals surface area contributed by atoms with Gasteiger partial charge in [-0.05, 0) is 12.1 Å². The fourth-order valence-electron chi connectivity index (χ4n) is 2.05. The molecular weight excluding hydrogens is 254 g/mol. The van der Waals surface area contributed by atoms with E-state index in [4.69, 9.17) is 0 Å². The summed E-state index contributed by atoms with van der Waals surface area (Å²) in [7, 11) is 4.46. The van der Waals surface area contributed by atoms with Crippen LogP contribution in [0.3, 0.4) is 0 Å². The predicted molar refractivity (Wildman–Crippen MR) is 67.2 cm³/mol. The minimum Gasteiger partial charge on any atom is -1.00 e. The summed E-state index contributed by atoms with van der Waals surface area (Å²) < 4.78 is 1.05. The molecule has 0 unspecified atom stereocenters. The molecule has 0 aliphatic carbocycles. The lowest BCUT2D eigenvalue weighted by atomic mass is 10.2. The van der Waals surface area contributed by atoms with Crippen molar-refractivity contribution in [3.8, 4) is 0 Å². The number of nitrogens with zero attached hydrogens (tertiary/aromatic N) is 3. The fraction of sp³-hybridized carbons (Fsp3) is 0.500. The third-order valence-electron chi connectivity index (χ3n) is 3.38. The highest BCUT2D eigenvalue weighted by Crippen LogP contribution is 2.21. The molecule has 0 radical (unpaired) electrons. The Morgan fingerprint density at radius 1 is 1.17 bits per heavy atom. The van der Waals surface area contributed by atoms with Gasteiger partial charge >= 0.3 is 0 Å². The van der Waals surface area contributed by atoms with Gasteiger partial charge in [-0.25, -0.2) is 0 Å². The number of piperazine rings is 1. The van der Waals surface area contributed by atoms with E-state index >= 15 is 0 Å². The van der Waals surface area contributed by atoms with E-state index < -0.39 is 0 Å². The van der Waals surface area contributed by atoms with E-state index in [0.717, 1.165) is 36.3 Å². The summed E-state index contributed by atoms with van der Waals surface area (Å²) in [5.41, 5.74) is 1.23. The van der Waals surface area contributed by atoms with E-state index in [2.05, 4.69) is 19.0 Å². The summed E-state index contributed by atoms with van der Waals surface area (Å²) in [6, 6.07) is 6.82.